The number of ether oxygens (including phenoxy) is 1. The van der Waals surface area contributed by atoms with E-state index in [2.05, 4.69) is 21.1 Å². The molecule has 1 aromatic heterocycles. The van der Waals surface area contributed by atoms with E-state index in [-0.39, 0.29) is 5.91 Å². The average Bonchev–Trinajstić information content (AvgIpc) is 2.94. The predicted molar refractivity (Wildman–Crippen MR) is 92.5 cm³/mol. The number of benzene rings is 1. The highest BCUT2D eigenvalue weighted by Gasteiger charge is 2.25. The molecule has 0 spiro atoms. The summed E-state index contributed by atoms with van der Waals surface area (Å²) in [6, 6.07) is 5.89. The molecular weight excluding hydrogens is 326 g/mol. The van der Waals surface area contributed by atoms with E-state index in [1.54, 1.807) is 0 Å². The van der Waals surface area contributed by atoms with Gasteiger partial charge in [-0.15, -0.1) is 0 Å². The SMILES string of the molecule is COC(=O)Nc1nc2c(s1)CN(C(=O)c1cc(C)cc(C)c1)CC2. The Morgan fingerprint density at radius 1 is 1.25 bits per heavy atom. The zero-order valence-corrected chi connectivity index (χ0v) is 14.7. The highest BCUT2D eigenvalue weighted by Crippen LogP contribution is 2.29. The number of aryl methyl sites for hydroxylation is 2. The van der Waals surface area contributed by atoms with E-state index >= 15 is 0 Å². The normalized spacial score (nSPS) is 13.4. The van der Waals surface area contributed by atoms with Crippen LogP contribution in [0.2, 0.25) is 0 Å². The van der Waals surface area contributed by atoms with Crippen LogP contribution in [0.15, 0.2) is 18.2 Å². The van der Waals surface area contributed by atoms with Gasteiger partial charge in [-0.2, -0.15) is 0 Å². The van der Waals surface area contributed by atoms with Crippen molar-refractivity contribution in [3.63, 3.8) is 0 Å². The number of nitrogens with zero attached hydrogens (tertiary/aromatic N) is 2. The number of fused-ring (bicyclic) bond motifs is 1. The predicted octanol–water partition coefficient (Wildman–Crippen LogP) is 3.14. The fraction of sp³-hybridized carbons (Fsp3) is 0.353. The lowest BCUT2D eigenvalue weighted by Gasteiger charge is -2.26. The summed E-state index contributed by atoms with van der Waals surface area (Å²) < 4.78 is 4.58. The van der Waals surface area contributed by atoms with Crippen molar-refractivity contribution in [2.45, 2.75) is 26.8 Å². The van der Waals surface area contributed by atoms with Crippen molar-refractivity contribution in [3.8, 4) is 0 Å². The van der Waals surface area contributed by atoms with Crippen LogP contribution in [0.3, 0.4) is 0 Å². The number of hydrogen-bond donors (Lipinski definition) is 1. The standard InChI is InChI=1S/C17H19N3O3S/c1-10-6-11(2)8-12(7-10)15(21)20-5-4-13-14(9-20)24-16(18-13)19-17(22)23-3/h6-8H,4-5,9H2,1-3H3,(H,18,19,22). The van der Waals surface area contributed by atoms with E-state index in [4.69, 9.17) is 0 Å². The molecule has 3 rings (SSSR count). The molecule has 126 valence electrons. The molecule has 0 atom stereocenters. The van der Waals surface area contributed by atoms with E-state index in [9.17, 15) is 9.59 Å². The topological polar surface area (TPSA) is 71.5 Å². The van der Waals surface area contributed by atoms with E-state index in [0.717, 1.165) is 21.7 Å². The molecule has 0 saturated heterocycles. The third-order valence-electron chi connectivity index (χ3n) is 3.88. The van der Waals surface area contributed by atoms with Crippen LogP contribution in [0.25, 0.3) is 0 Å². The van der Waals surface area contributed by atoms with Crippen molar-refractivity contribution < 1.29 is 14.3 Å². The zero-order chi connectivity index (χ0) is 17.3. The first-order chi connectivity index (χ1) is 11.5. The van der Waals surface area contributed by atoms with Gasteiger partial charge in [-0.25, -0.2) is 9.78 Å². The molecule has 2 amide bonds. The monoisotopic (exact) mass is 345 g/mol. The second kappa shape index (κ2) is 6.60. The number of carbonyl (C=O) groups excluding carboxylic acids is 2. The van der Waals surface area contributed by atoms with Crippen LogP contribution in [0.4, 0.5) is 9.93 Å². The molecule has 7 heteroatoms. The summed E-state index contributed by atoms with van der Waals surface area (Å²) in [5.41, 5.74) is 3.82. The van der Waals surface area contributed by atoms with Gasteiger partial charge in [-0.1, -0.05) is 28.5 Å². The first-order valence-electron chi connectivity index (χ1n) is 7.67. The smallest absolute Gasteiger partial charge is 0.413 e. The largest absolute Gasteiger partial charge is 0.453 e. The van der Waals surface area contributed by atoms with Crippen LogP contribution in [0, 0.1) is 13.8 Å². The van der Waals surface area contributed by atoms with Crippen LogP contribution in [-0.2, 0) is 17.7 Å². The van der Waals surface area contributed by atoms with Gasteiger partial charge in [0.05, 0.1) is 19.3 Å². The summed E-state index contributed by atoms with van der Waals surface area (Å²) in [6.07, 6.45) is 0.148. The van der Waals surface area contributed by atoms with E-state index < -0.39 is 6.09 Å². The third-order valence-corrected chi connectivity index (χ3v) is 4.88. The van der Waals surface area contributed by atoms with Gasteiger partial charge < -0.3 is 9.64 Å². The molecule has 2 heterocycles. The quantitative estimate of drug-likeness (QED) is 0.908. The summed E-state index contributed by atoms with van der Waals surface area (Å²) in [6.45, 7) is 5.12. The number of carbonyl (C=O) groups is 2. The minimum atomic E-state index is -0.538. The molecule has 1 N–H and O–H groups in total. The summed E-state index contributed by atoms with van der Waals surface area (Å²) >= 11 is 1.38. The molecule has 6 nitrogen and oxygen atoms in total. The van der Waals surface area contributed by atoms with Crippen LogP contribution in [0.5, 0.6) is 0 Å². The van der Waals surface area contributed by atoms with Gasteiger partial charge in [-0.3, -0.25) is 10.1 Å². The van der Waals surface area contributed by atoms with Gasteiger partial charge in [0, 0.05) is 23.4 Å². The second-order valence-electron chi connectivity index (χ2n) is 5.86. The molecule has 0 radical (unpaired) electrons. The minimum absolute atomic E-state index is 0.0309. The Labute approximate surface area is 144 Å². The summed E-state index contributed by atoms with van der Waals surface area (Å²) in [4.78, 5) is 31.3. The first-order valence-corrected chi connectivity index (χ1v) is 8.49. The molecule has 0 unspecified atom stereocenters. The summed E-state index contributed by atoms with van der Waals surface area (Å²) in [5, 5.41) is 3.09. The van der Waals surface area contributed by atoms with Crippen molar-refractivity contribution in [1.29, 1.82) is 0 Å². The van der Waals surface area contributed by atoms with Gasteiger partial charge in [0.15, 0.2) is 5.13 Å². The Morgan fingerprint density at radius 2 is 1.96 bits per heavy atom. The van der Waals surface area contributed by atoms with Gasteiger partial charge >= 0.3 is 6.09 Å². The van der Waals surface area contributed by atoms with Crippen LogP contribution < -0.4 is 5.32 Å². The fourth-order valence-corrected chi connectivity index (χ4v) is 3.85. The van der Waals surface area contributed by atoms with Crippen molar-refractivity contribution >= 4 is 28.5 Å². The van der Waals surface area contributed by atoms with Gasteiger partial charge in [-0.05, 0) is 26.0 Å². The maximum atomic E-state index is 12.8. The molecule has 1 aromatic carbocycles. The summed E-state index contributed by atoms with van der Waals surface area (Å²) in [7, 11) is 1.31. The van der Waals surface area contributed by atoms with Crippen molar-refractivity contribution in [1.82, 2.24) is 9.88 Å². The molecule has 1 aliphatic heterocycles. The molecule has 24 heavy (non-hydrogen) atoms. The Balaban J connectivity index is 1.77. The number of thiazole rings is 1. The number of aromatic nitrogens is 1. The highest BCUT2D eigenvalue weighted by molar-refractivity contribution is 7.15. The zero-order valence-electron chi connectivity index (χ0n) is 13.9. The number of rotatable bonds is 2. The Bertz CT molecular complexity index is 780. The number of amides is 2. The van der Waals surface area contributed by atoms with E-state index in [1.807, 2.05) is 30.9 Å². The molecule has 0 saturated carbocycles. The fourth-order valence-electron chi connectivity index (χ4n) is 2.84. The number of methoxy groups -OCH3 is 1. The number of anilines is 1. The first kappa shape index (κ1) is 16.4. The lowest BCUT2D eigenvalue weighted by molar-refractivity contribution is 0.0736. The number of nitrogens with one attached hydrogen (secondary N) is 1. The maximum absolute atomic E-state index is 12.8. The number of hydrogen-bond acceptors (Lipinski definition) is 5. The van der Waals surface area contributed by atoms with Crippen LogP contribution in [-0.4, -0.2) is 35.5 Å². The molecule has 1 aliphatic rings. The minimum Gasteiger partial charge on any atom is -0.453 e. The molecule has 0 aliphatic carbocycles. The van der Waals surface area contributed by atoms with E-state index in [0.29, 0.717) is 30.2 Å². The lowest BCUT2D eigenvalue weighted by Crippen LogP contribution is -2.35. The van der Waals surface area contributed by atoms with Gasteiger partial charge in [0.1, 0.15) is 0 Å². The van der Waals surface area contributed by atoms with Crippen LogP contribution >= 0.6 is 11.3 Å². The molecule has 2 aromatic rings. The Hall–Kier alpha value is -2.41. The van der Waals surface area contributed by atoms with Crippen LogP contribution in [0.1, 0.15) is 32.1 Å². The van der Waals surface area contributed by atoms with Gasteiger partial charge in [0.25, 0.3) is 5.91 Å². The summed E-state index contributed by atoms with van der Waals surface area (Å²) in [5.74, 6) is 0.0309. The van der Waals surface area contributed by atoms with Crippen molar-refractivity contribution in [3.05, 3.63) is 45.5 Å². The van der Waals surface area contributed by atoms with E-state index in [1.165, 1.54) is 18.4 Å². The third kappa shape index (κ3) is 3.41. The molecule has 0 fully saturated rings. The Morgan fingerprint density at radius 3 is 2.62 bits per heavy atom. The molecule has 0 bridgehead atoms. The maximum Gasteiger partial charge on any atom is 0.413 e. The lowest BCUT2D eigenvalue weighted by atomic mass is 10.1. The average molecular weight is 345 g/mol. The Kier molecular flexibility index (Phi) is 4.53. The van der Waals surface area contributed by atoms with Crippen molar-refractivity contribution in [2.75, 3.05) is 19.0 Å². The van der Waals surface area contributed by atoms with Crippen molar-refractivity contribution in [2.24, 2.45) is 0 Å². The highest BCUT2D eigenvalue weighted by atomic mass is 32.1. The molecular formula is C17H19N3O3S. The van der Waals surface area contributed by atoms with Gasteiger partial charge in [0.2, 0.25) is 0 Å². The second-order valence-corrected chi connectivity index (χ2v) is 6.94.